The quantitative estimate of drug-likeness (QED) is 0.497. The van der Waals surface area contributed by atoms with Gasteiger partial charge in [-0.25, -0.2) is 9.59 Å². The molecule has 0 heterocycles. The number of carboxylic acid groups (broad SMARTS) is 1. The highest BCUT2D eigenvalue weighted by molar-refractivity contribution is 5.80. The van der Waals surface area contributed by atoms with E-state index in [1.54, 1.807) is 0 Å². The summed E-state index contributed by atoms with van der Waals surface area (Å²) in [6, 6.07) is -1.22. The van der Waals surface area contributed by atoms with E-state index in [0.29, 0.717) is 0 Å². The highest BCUT2D eigenvalue weighted by Gasteiger charge is 2.27. The highest BCUT2D eigenvalue weighted by Crippen LogP contribution is 2.00. The molecule has 0 aliphatic rings. The average Bonchev–Trinajstić information content (AvgIpc) is 2.29. The lowest BCUT2D eigenvalue weighted by molar-refractivity contribution is -0.142. The predicted molar refractivity (Wildman–Crippen MR) is 60.4 cm³/mol. The summed E-state index contributed by atoms with van der Waals surface area (Å²) in [4.78, 5) is 22.0. The number of carbonyl (C=O) groups is 2. The topological polar surface area (TPSA) is 84.9 Å². The van der Waals surface area contributed by atoms with Gasteiger partial charge < -0.3 is 19.9 Å². The number of carboxylic acids is 1. The zero-order chi connectivity index (χ0) is 13.3. The Kier molecular flexibility index (Phi) is 7.22. The fourth-order valence-electron chi connectivity index (χ4n) is 0.959. The molecule has 0 rings (SSSR count). The monoisotopic (exact) mass is 241 g/mol. The molecule has 0 aromatic carbocycles. The van der Waals surface area contributed by atoms with Gasteiger partial charge in [0.1, 0.15) is 13.2 Å². The van der Waals surface area contributed by atoms with Crippen molar-refractivity contribution in [1.29, 1.82) is 0 Å². The van der Waals surface area contributed by atoms with Crippen LogP contribution in [0, 0.1) is 12.3 Å². The normalized spacial score (nSPS) is 12.9. The summed E-state index contributed by atoms with van der Waals surface area (Å²) in [5, 5.41) is 11.1. The molecular formula is C11H15NO5. The van der Waals surface area contributed by atoms with Crippen LogP contribution in [0.1, 0.15) is 6.92 Å². The molecule has 0 spiro atoms. The summed E-state index contributed by atoms with van der Waals surface area (Å²) < 4.78 is 9.61. The minimum atomic E-state index is -1.23. The van der Waals surface area contributed by atoms with Crippen molar-refractivity contribution in [2.75, 3.05) is 13.2 Å². The maximum Gasteiger partial charge on any atom is 0.408 e. The van der Waals surface area contributed by atoms with Gasteiger partial charge in [-0.15, -0.1) is 6.42 Å². The Bertz CT molecular complexity index is 320. The molecule has 2 N–H and O–H groups in total. The Morgan fingerprint density at radius 2 is 2.29 bits per heavy atom. The number of rotatable bonds is 7. The van der Waals surface area contributed by atoms with Crippen molar-refractivity contribution < 1.29 is 24.2 Å². The van der Waals surface area contributed by atoms with E-state index in [-0.39, 0.29) is 13.2 Å². The van der Waals surface area contributed by atoms with Crippen molar-refractivity contribution in [3.63, 3.8) is 0 Å². The minimum Gasteiger partial charge on any atom is -0.480 e. The van der Waals surface area contributed by atoms with Crippen LogP contribution in [0.4, 0.5) is 4.79 Å². The molecule has 6 heteroatoms. The number of hydrogen-bond donors (Lipinski definition) is 2. The number of aliphatic carboxylic acids is 1. The van der Waals surface area contributed by atoms with Gasteiger partial charge >= 0.3 is 12.1 Å². The lowest BCUT2D eigenvalue weighted by Crippen LogP contribution is -2.48. The largest absolute Gasteiger partial charge is 0.480 e. The van der Waals surface area contributed by atoms with Gasteiger partial charge in [0, 0.05) is 0 Å². The Morgan fingerprint density at radius 1 is 1.65 bits per heavy atom. The SMILES string of the molecule is C#CCO[C@H](C)[C@H](NC(=O)OCC=C)C(=O)O. The zero-order valence-electron chi connectivity index (χ0n) is 9.51. The molecule has 0 aliphatic heterocycles. The first-order valence-electron chi connectivity index (χ1n) is 4.85. The Hall–Kier alpha value is -2.00. The summed E-state index contributed by atoms with van der Waals surface area (Å²) in [6.45, 7) is 4.81. The fraction of sp³-hybridized carbons (Fsp3) is 0.455. The van der Waals surface area contributed by atoms with E-state index < -0.39 is 24.2 Å². The molecule has 17 heavy (non-hydrogen) atoms. The van der Waals surface area contributed by atoms with Crippen molar-refractivity contribution in [1.82, 2.24) is 5.32 Å². The number of hydrogen-bond acceptors (Lipinski definition) is 4. The Balaban J connectivity index is 4.33. The number of alkyl carbamates (subject to hydrolysis) is 1. The van der Waals surface area contributed by atoms with Crippen LogP contribution in [0.25, 0.3) is 0 Å². The molecule has 0 aromatic rings. The van der Waals surface area contributed by atoms with Gasteiger partial charge in [0.25, 0.3) is 0 Å². The fourth-order valence-corrected chi connectivity index (χ4v) is 0.959. The molecule has 94 valence electrons. The third-order valence-corrected chi connectivity index (χ3v) is 1.77. The second-order valence-corrected chi connectivity index (χ2v) is 3.07. The van der Waals surface area contributed by atoms with Gasteiger partial charge in [0.05, 0.1) is 6.10 Å². The second kappa shape index (κ2) is 8.19. The van der Waals surface area contributed by atoms with Crippen LogP contribution in [-0.2, 0) is 14.3 Å². The van der Waals surface area contributed by atoms with E-state index in [1.807, 2.05) is 0 Å². The molecule has 0 saturated carbocycles. The third-order valence-electron chi connectivity index (χ3n) is 1.77. The van der Waals surface area contributed by atoms with Crippen molar-refractivity contribution in [3.05, 3.63) is 12.7 Å². The molecule has 0 unspecified atom stereocenters. The number of carbonyl (C=O) groups excluding carboxylic acids is 1. The smallest absolute Gasteiger partial charge is 0.408 e. The maximum atomic E-state index is 11.2. The van der Waals surface area contributed by atoms with E-state index in [0.717, 1.165) is 0 Å². The van der Waals surface area contributed by atoms with Crippen LogP contribution >= 0.6 is 0 Å². The molecule has 0 saturated heterocycles. The zero-order valence-corrected chi connectivity index (χ0v) is 9.51. The summed E-state index contributed by atoms with van der Waals surface area (Å²) in [7, 11) is 0. The van der Waals surface area contributed by atoms with Gasteiger partial charge in [-0.1, -0.05) is 18.6 Å². The van der Waals surface area contributed by atoms with Gasteiger partial charge in [-0.05, 0) is 6.92 Å². The first-order chi connectivity index (χ1) is 8.02. The van der Waals surface area contributed by atoms with E-state index in [2.05, 4.69) is 22.6 Å². The van der Waals surface area contributed by atoms with Crippen molar-refractivity contribution in [3.8, 4) is 12.3 Å². The van der Waals surface area contributed by atoms with E-state index in [1.165, 1.54) is 13.0 Å². The molecule has 0 aliphatic carbocycles. The van der Waals surface area contributed by atoms with Crippen molar-refractivity contribution >= 4 is 12.1 Å². The van der Waals surface area contributed by atoms with Crippen molar-refractivity contribution in [2.45, 2.75) is 19.1 Å². The summed E-state index contributed by atoms with van der Waals surface area (Å²) in [5.74, 6) is 0.976. The third kappa shape index (κ3) is 6.22. The van der Waals surface area contributed by atoms with Crippen LogP contribution in [0.2, 0.25) is 0 Å². The standard InChI is InChI=1S/C11H15NO5/c1-4-6-16-8(3)9(10(13)14)12-11(15)17-7-5-2/h1,5,8-9H,2,6-7H2,3H3,(H,12,15)(H,13,14)/t8-,9+/m1/s1. The van der Waals surface area contributed by atoms with E-state index >= 15 is 0 Å². The number of nitrogens with one attached hydrogen (secondary N) is 1. The number of ether oxygens (including phenoxy) is 2. The molecule has 2 atom stereocenters. The second-order valence-electron chi connectivity index (χ2n) is 3.07. The Labute approximate surface area is 99.6 Å². The molecule has 0 bridgehead atoms. The predicted octanol–water partition coefficient (Wildman–Crippen LogP) is 0.390. The van der Waals surface area contributed by atoms with Crippen molar-refractivity contribution in [2.24, 2.45) is 0 Å². The van der Waals surface area contributed by atoms with E-state index in [4.69, 9.17) is 16.3 Å². The summed E-state index contributed by atoms with van der Waals surface area (Å²) in [5.41, 5.74) is 0. The molecule has 1 amide bonds. The molecular weight excluding hydrogens is 226 g/mol. The molecule has 6 nitrogen and oxygen atoms in total. The van der Waals surface area contributed by atoms with Gasteiger partial charge in [0.2, 0.25) is 0 Å². The van der Waals surface area contributed by atoms with Crippen LogP contribution in [-0.4, -0.2) is 42.5 Å². The van der Waals surface area contributed by atoms with Crippen LogP contribution in [0.15, 0.2) is 12.7 Å². The van der Waals surface area contributed by atoms with Crippen LogP contribution in [0.5, 0.6) is 0 Å². The lowest BCUT2D eigenvalue weighted by atomic mass is 10.2. The summed E-state index contributed by atoms with van der Waals surface area (Å²) >= 11 is 0. The van der Waals surface area contributed by atoms with Crippen LogP contribution < -0.4 is 5.32 Å². The molecule has 0 fully saturated rings. The van der Waals surface area contributed by atoms with Gasteiger partial charge in [0.15, 0.2) is 6.04 Å². The lowest BCUT2D eigenvalue weighted by Gasteiger charge is -2.20. The maximum absolute atomic E-state index is 11.2. The first kappa shape index (κ1) is 15.0. The number of terminal acetylenes is 1. The average molecular weight is 241 g/mol. The molecule has 0 aromatic heterocycles. The highest BCUT2D eigenvalue weighted by atomic mass is 16.5. The van der Waals surface area contributed by atoms with E-state index in [9.17, 15) is 9.59 Å². The van der Waals surface area contributed by atoms with Crippen LogP contribution in [0.3, 0.4) is 0 Å². The minimum absolute atomic E-state index is 0.00222. The van der Waals surface area contributed by atoms with Gasteiger partial charge in [-0.2, -0.15) is 0 Å². The summed E-state index contributed by atoms with van der Waals surface area (Å²) in [6.07, 6.45) is 4.73. The Morgan fingerprint density at radius 3 is 2.76 bits per heavy atom. The first-order valence-corrected chi connectivity index (χ1v) is 4.85. The molecule has 0 radical (unpaired) electrons. The van der Waals surface area contributed by atoms with Gasteiger partial charge in [-0.3, -0.25) is 0 Å². The number of amides is 1.